The molecular weight excluding hydrogens is 457 g/mol. The van der Waals surface area contributed by atoms with Gasteiger partial charge in [0.25, 0.3) is 0 Å². The number of carbonyl (C=O) groups excluding carboxylic acids is 1. The van der Waals surface area contributed by atoms with Crippen LogP contribution in [0, 0.1) is 5.82 Å². The summed E-state index contributed by atoms with van der Waals surface area (Å²) in [6.07, 6.45) is 5.79. The molecule has 9 heteroatoms. The molecular formula is C27H28FN7O. The molecule has 0 bridgehead atoms. The Morgan fingerprint density at radius 1 is 1.31 bits per heavy atom. The van der Waals surface area contributed by atoms with Crippen LogP contribution in [0.15, 0.2) is 67.5 Å². The van der Waals surface area contributed by atoms with E-state index in [0.29, 0.717) is 23.2 Å². The molecule has 8 nitrogen and oxygen atoms in total. The summed E-state index contributed by atoms with van der Waals surface area (Å²) in [5.41, 5.74) is 5.25. The van der Waals surface area contributed by atoms with Gasteiger partial charge in [-0.25, -0.2) is 14.4 Å². The topological polar surface area (TPSA) is 89.2 Å². The highest BCUT2D eigenvalue weighted by atomic mass is 19.1. The van der Waals surface area contributed by atoms with Crippen LogP contribution >= 0.6 is 0 Å². The van der Waals surface area contributed by atoms with E-state index in [1.807, 2.05) is 31.3 Å². The number of carbonyl (C=O) groups is 1. The number of rotatable bonds is 7. The largest absolute Gasteiger partial charge is 0.369 e. The first kappa shape index (κ1) is 23.5. The number of likely N-dealkylation sites (N-methyl/N-ethyl adjacent to an activating group) is 2. The van der Waals surface area contributed by atoms with Crippen LogP contribution in [0.5, 0.6) is 0 Å². The standard InChI is InChI=1S/C27H28FN7O/c1-4-25(36)32-22-13-19(8-9-24(22)35(3)20-10-11-34(2)16-20)31-27-30-15-23-26(33-27)21(14-29-23)17-6-5-7-18(28)12-17/h4-9,12-15,20,29H,1,10-11,16H2,2-3H3,(H,32,36)(H,30,31,33). The number of fused-ring (bicyclic) bond motifs is 1. The molecule has 0 saturated carbocycles. The predicted octanol–water partition coefficient (Wildman–Crippen LogP) is 4.77. The Labute approximate surface area is 208 Å². The molecule has 1 aliphatic heterocycles. The lowest BCUT2D eigenvalue weighted by Gasteiger charge is -2.29. The zero-order chi connectivity index (χ0) is 25.2. The van der Waals surface area contributed by atoms with E-state index in [1.165, 1.54) is 18.2 Å². The maximum Gasteiger partial charge on any atom is 0.247 e. The molecule has 1 fully saturated rings. The van der Waals surface area contributed by atoms with Crippen LogP contribution < -0.4 is 15.5 Å². The van der Waals surface area contributed by atoms with E-state index < -0.39 is 0 Å². The summed E-state index contributed by atoms with van der Waals surface area (Å²) in [5, 5.41) is 6.17. The Bertz CT molecular complexity index is 1430. The number of hydrogen-bond donors (Lipinski definition) is 3. The number of anilines is 4. The van der Waals surface area contributed by atoms with Gasteiger partial charge >= 0.3 is 0 Å². The van der Waals surface area contributed by atoms with Crippen molar-refractivity contribution in [2.24, 2.45) is 0 Å². The highest BCUT2D eigenvalue weighted by Gasteiger charge is 2.25. The first-order chi connectivity index (χ1) is 17.4. The number of H-pyrrole nitrogens is 1. The number of likely N-dealkylation sites (tertiary alicyclic amines) is 1. The molecule has 1 amide bonds. The van der Waals surface area contributed by atoms with Crippen molar-refractivity contribution in [3.8, 4) is 11.1 Å². The molecule has 2 aromatic heterocycles. The summed E-state index contributed by atoms with van der Waals surface area (Å²) in [6, 6.07) is 12.5. The van der Waals surface area contributed by atoms with E-state index in [2.05, 4.69) is 49.0 Å². The molecule has 1 aliphatic rings. The van der Waals surface area contributed by atoms with Gasteiger partial charge in [-0.1, -0.05) is 18.7 Å². The second kappa shape index (κ2) is 9.79. The van der Waals surface area contributed by atoms with Crippen molar-refractivity contribution in [2.45, 2.75) is 12.5 Å². The van der Waals surface area contributed by atoms with Crippen LogP contribution in [-0.4, -0.2) is 59.0 Å². The van der Waals surface area contributed by atoms with E-state index in [0.717, 1.165) is 47.5 Å². The molecule has 2 aromatic carbocycles. The maximum atomic E-state index is 13.8. The molecule has 3 N–H and O–H groups in total. The van der Waals surface area contributed by atoms with Gasteiger partial charge in [0.15, 0.2) is 0 Å². The molecule has 0 spiro atoms. The number of halogens is 1. The van der Waals surface area contributed by atoms with Crippen LogP contribution in [0.2, 0.25) is 0 Å². The number of nitrogens with one attached hydrogen (secondary N) is 3. The molecule has 184 valence electrons. The Balaban J connectivity index is 1.45. The third-order valence-corrected chi connectivity index (χ3v) is 6.54. The molecule has 3 heterocycles. The molecule has 0 aliphatic carbocycles. The zero-order valence-electron chi connectivity index (χ0n) is 20.3. The Kier molecular flexibility index (Phi) is 6.39. The first-order valence-corrected chi connectivity index (χ1v) is 11.8. The molecule has 4 aromatic rings. The number of nitrogens with zero attached hydrogens (tertiary/aromatic N) is 4. The number of aromatic nitrogens is 3. The minimum atomic E-state index is -0.308. The molecule has 5 rings (SSSR count). The number of aromatic amines is 1. The van der Waals surface area contributed by atoms with Crippen molar-refractivity contribution in [1.29, 1.82) is 0 Å². The highest BCUT2D eigenvalue weighted by Crippen LogP contribution is 2.33. The molecule has 1 saturated heterocycles. The van der Waals surface area contributed by atoms with E-state index in [1.54, 1.807) is 18.5 Å². The third-order valence-electron chi connectivity index (χ3n) is 6.54. The maximum absolute atomic E-state index is 13.8. The quantitative estimate of drug-likeness (QED) is 0.327. The SMILES string of the molecule is C=CC(=O)Nc1cc(Nc2ncc3[nH]cc(-c4cccc(F)c4)c3n2)ccc1N(C)C1CCN(C)C1. The Morgan fingerprint density at radius 3 is 2.92 bits per heavy atom. The summed E-state index contributed by atoms with van der Waals surface area (Å²) in [4.78, 5) is 28.9. The van der Waals surface area contributed by atoms with Gasteiger partial charge in [0.1, 0.15) is 11.3 Å². The van der Waals surface area contributed by atoms with Gasteiger partial charge < -0.3 is 25.4 Å². The average molecular weight is 486 g/mol. The first-order valence-electron chi connectivity index (χ1n) is 11.8. The van der Waals surface area contributed by atoms with E-state index in [4.69, 9.17) is 0 Å². The van der Waals surface area contributed by atoms with Gasteiger partial charge in [0.05, 0.1) is 23.1 Å². The molecule has 0 radical (unpaired) electrons. The number of amides is 1. The van der Waals surface area contributed by atoms with Gasteiger partial charge in [0, 0.05) is 37.1 Å². The summed E-state index contributed by atoms with van der Waals surface area (Å²) >= 11 is 0. The fraction of sp³-hybridized carbons (Fsp3) is 0.222. The van der Waals surface area contributed by atoms with Crippen molar-refractivity contribution in [3.05, 3.63) is 73.3 Å². The van der Waals surface area contributed by atoms with Gasteiger partial charge in [-0.2, -0.15) is 0 Å². The fourth-order valence-electron chi connectivity index (χ4n) is 4.61. The third kappa shape index (κ3) is 4.78. The van der Waals surface area contributed by atoms with Crippen LogP contribution in [0.25, 0.3) is 22.2 Å². The molecule has 36 heavy (non-hydrogen) atoms. The fourth-order valence-corrected chi connectivity index (χ4v) is 4.61. The minimum absolute atomic E-state index is 0.282. The van der Waals surface area contributed by atoms with E-state index in [-0.39, 0.29) is 11.7 Å². The van der Waals surface area contributed by atoms with Gasteiger partial charge in [-0.05, 0) is 62.0 Å². The lowest BCUT2D eigenvalue weighted by atomic mass is 10.1. The summed E-state index contributed by atoms with van der Waals surface area (Å²) < 4.78 is 13.8. The van der Waals surface area contributed by atoms with Crippen LogP contribution in [-0.2, 0) is 4.79 Å². The summed E-state index contributed by atoms with van der Waals surface area (Å²) in [5.74, 6) is -0.202. The van der Waals surface area contributed by atoms with E-state index >= 15 is 0 Å². The summed E-state index contributed by atoms with van der Waals surface area (Å²) in [6.45, 7) is 5.58. The second-order valence-electron chi connectivity index (χ2n) is 9.03. The van der Waals surface area contributed by atoms with Crippen LogP contribution in [0.1, 0.15) is 6.42 Å². The Morgan fingerprint density at radius 2 is 2.17 bits per heavy atom. The molecule has 1 atom stereocenters. The smallest absolute Gasteiger partial charge is 0.247 e. The molecule has 1 unspecified atom stereocenters. The van der Waals surface area contributed by atoms with Crippen molar-refractivity contribution in [1.82, 2.24) is 19.9 Å². The predicted molar refractivity (Wildman–Crippen MR) is 142 cm³/mol. The second-order valence-corrected chi connectivity index (χ2v) is 9.03. The summed E-state index contributed by atoms with van der Waals surface area (Å²) in [7, 11) is 4.16. The number of hydrogen-bond acceptors (Lipinski definition) is 6. The van der Waals surface area contributed by atoms with E-state index in [9.17, 15) is 9.18 Å². The number of benzene rings is 2. The van der Waals surface area contributed by atoms with Crippen molar-refractivity contribution in [2.75, 3.05) is 42.7 Å². The zero-order valence-corrected chi connectivity index (χ0v) is 20.3. The minimum Gasteiger partial charge on any atom is -0.369 e. The van der Waals surface area contributed by atoms with Crippen LogP contribution in [0.4, 0.5) is 27.4 Å². The lowest BCUT2D eigenvalue weighted by Crippen LogP contribution is -2.34. The van der Waals surface area contributed by atoms with Crippen molar-refractivity contribution < 1.29 is 9.18 Å². The van der Waals surface area contributed by atoms with Crippen molar-refractivity contribution >= 4 is 40.0 Å². The highest BCUT2D eigenvalue weighted by molar-refractivity contribution is 6.02. The lowest BCUT2D eigenvalue weighted by molar-refractivity contribution is -0.111. The average Bonchev–Trinajstić information content (AvgIpc) is 3.50. The van der Waals surface area contributed by atoms with Gasteiger partial charge in [0.2, 0.25) is 11.9 Å². The normalized spacial score (nSPS) is 15.7. The Hall–Kier alpha value is -4.24. The van der Waals surface area contributed by atoms with Crippen molar-refractivity contribution in [3.63, 3.8) is 0 Å². The van der Waals surface area contributed by atoms with Crippen LogP contribution in [0.3, 0.4) is 0 Å². The monoisotopic (exact) mass is 485 g/mol. The van der Waals surface area contributed by atoms with Gasteiger partial charge in [-0.3, -0.25) is 4.79 Å². The van der Waals surface area contributed by atoms with Gasteiger partial charge in [-0.15, -0.1) is 0 Å².